The summed E-state index contributed by atoms with van der Waals surface area (Å²) in [6.45, 7) is 3.70. The maximum Gasteiger partial charge on any atom is 0.335 e. The Morgan fingerprint density at radius 2 is 1.85 bits per heavy atom. The number of carbonyl (C=O) groups excluding carboxylic acids is 4. The third kappa shape index (κ3) is 6.65. The van der Waals surface area contributed by atoms with Crippen molar-refractivity contribution in [3.05, 3.63) is 86.9 Å². The molecule has 1 fully saturated rings. The van der Waals surface area contributed by atoms with Gasteiger partial charge in [0.05, 0.1) is 16.8 Å². The molecule has 3 aromatic carbocycles. The summed E-state index contributed by atoms with van der Waals surface area (Å²) in [7, 11) is 0. The zero-order valence-electron chi connectivity index (χ0n) is 20.9. The molecule has 4 rings (SSSR count). The second kappa shape index (κ2) is 12.1. The second-order valence-electron chi connectivity index (χ2n) is 8.41. The molecule has 1 aliphatic heterocycles. The quantitative estimate of drug-likeness (QED) is 0.257. The Morgan fingerprint density at radius 1 is 1.08 bits per heavy atom. The molecule has 0 bridgehead atoms. The van der Waals surface area contributed by atoms with Gasteiger partial charge in [0.2, 0.25) is 0 Å². The molecule has 0 spiro atoms. The van der Waals surface area contributed by atoms with E-state index < -0.39 is 17.8 Å². The van der Waals surface area contributed by atoms with Gasteiger partial charge in [0, 0.05) is 10.7 Å². The SMILES string of the molecule is CCOc1cc(/C=C2\C(=O)NC(=O)N(c3cccc(Cl)c3)C2=O)cc(Br)c1OCC(=O)Nc1cccc(C)c1. The maximum atomic E-state index is 13.2. The topological polar surface area (TPSA) is 114 Å². The van der Waals surface area contributed by atoms with Gasteiger partial charge in [0.15, 0.2) is 18.1 Å². The van der Waals surface area contributed by atoms with Crippen LogP contribution in [0.3, 0.4) is 0 Å². The molecule has 1 aliphatic rings. The summed E-state index contributed by atoms with van der Waals surface area (Å²) in [5.41, 5.74) is 2.02. The number of amides is 5. The summed E-state index contributed by atoms with van der Waals surface area (Å²) in [5, 5.41) is 5.27. The minimum absolute atomic E-state index is 0.215. The van der Waals surface area contributed by atoms with Gasteiger partial charge >= 0.3 is 6.03 Å². The largest absolute Gasteiger partial charge is 0.490 e. The zero-order chi connectivity index (χ0) is 28.1. The van der Waals surface area contributed by atoms with E-state index in [0.717, 1.165) is 10.5 Å². The van der Waals surface area contributed by atoms with Crippen LogP contribution < -0.4 is 25.0 Å². The van der Waals surface area contributed by atoms with Crippen molar-refractivity contribution in [2.45, 2.75) is 13.8 Å². The molecular weight excluding hydrogens is 590 g/mol. The molecule has 0 aliphatic carbocycles. The maximum absolute atomic E-state index is 13.2. The lowest BCUT2D eigenvalue weighted by molar-refractivity contribution is -0.122. The smallest absolute Gasteiger partial charge is 0.335 e. The number of aryl methyl sites for hydroxylation is 1. The van der Waals surface area contributed by atoms with E-state index in [1.165, 1.54) is 18.2 Å². The molecular formula is C28H23BrClN3O6. The minimum Gasteiger partial charge on any atom is -0.490 e. The molecule has 5 amide bonds. The number of urea groups is 1. The Kier molecular flexibility index (Phi) is 8.68. The second-order valence-corrected chi connectivity index (χ2v) is 9.70. The third-order valence-corrected chi connectivity index (χ3v) is 6.28. The Bertz CT molecular complexity index is 1510. The number of hydrogen-bond donors (Lipinski definition) is 2. The van der Waals surface area contributed by atoms with Gasteiger partial charge in [-0.05, 0) is 89.4 Å². The predicted octanol–water partition coefficient (Wildman–Crippen LogP) is 5.49. The summed E-state index contributed by atoms with van der Waals surface area (Å²) in [6, 6.07) is 15.8. The average Bonchev–Trinajstić information content (AvgIpc) is 2.86. The lowest BCUT2D eigenvalue weighted by Crippen LogP contribution is -2.54. The van der Waals surface area contributed by atoms with Crippen LogP contribution >= 0.6 is 27.5 Å². The van der Waals surface area contributed by atoms with Crippen molar-refractivity contribution in [2.75, 3.05) is 23.4 Å². The Labute approximate surface area is 237 Å². The van der Waals surface area contributed by atoms with E-state index in [1.54, 1.807) is 37.3 Å². The summed E-state index contributed by atoms with van der Waals surface area (Å²) < 4.78 is 11.9. The van der Waals surface area contributed by atoms with E-state index >= 15 is 0 Å². The van der Waals surface area contributed by atoms with E-state index in [9.17, 15) is 19.2 Å². The average molecular weight is 613 g/mol. The van der Waals surface area contributed by atoms with E-state index in [0.29, 0.717) is 20.7 Å². The Morgan fingerprint density at radius 3 is 2.56 bits per heavy atom. The molecule has 0 aromatic heterocycles. The lowest BCUT2D eigenvalue weighted by Gasteiger charge is -2.26. The van der Waals surface area contributed by atoms with Crippen LogP contribution in [0.15, 0.2) is 70.7 Å². The predicted molar refractivity (Wildman–Crippen MR) is 151 cm³/mol. The summed E-state index contributed by atoms with van der Waals surface area (Å²) in [4.78, 5) is 51.5. The highest BCUT2D eigenvalue weighted by molar-refractivity contribution is 9.10. The number of barbiturate groups is 1. The van der Waals surface area contributed by atoms with Crippen LogP contribution in [0.1, 0.15) is 18.1 Å². The first-order valence-electron chi connectivity index (χ1n) is 11.8. The Balaban J connectivity index is 1.58. The number of benzene rings is 3. The number of hydrogen-bond acceptors (Lipinski definition) is 6. The number of imide groups is 2. The summed E-state index contributed by atoms with van der Waals surface area (Å²) >= 11 is 9.44. The van der Waals surface area contributed by atoms with Crippen molar-refractivity contribution in [3.8, 4) is 11.5 Å². The first-order chi connectivity index (χ1) is 18.7. The van der Waals surface area contributed by atoms with Crippen LogP contribution in [0.4, 0.5) is 16.2 Å². The van der Waals surface area contributed by atoms with Crippen molar-refractivity contribution in [3.63, 3.8) is 0 Å². The molecule has 1 heterocycles. The van der Waals surface area contributed by atoms with Gasteiger partial charge in [-0.25, -0.2) is 9.69 Å². The molecule has 0 radical (unpaired) electrons. The normalized spacial score (nSPS) is 14.3. The van der Waals surface area contributed by atoms with Crippen LogP contribution in [-0.4, -0.2) is 37.0 Å². The molecule has 2 N–H and O–H groups in total. The first kappa shape index (κ1) is 27.9. The van der Waals surface area contributed by atoms with E-state index in [1.807, 2.05) is 25.1 Å². The van der Waals surface area contributed by atoms with Crippen LogP contribution in [0.5, 0.6) is 11.5 Å². The number of ether oxygens (including phenoxy) is 2. The lowest BCUT2D eigenvalue weighted by atomic mass is 10.1. The van der Waals surface area contributed by atoms with Gasteiger partial charge in [-0.1, -0.05) is 29.8 Å². The summed E-state index contributed by atoms with van der Waals surface area (Å²) in [6.07, 6.45) is 1.34. The number of rotatable bonds is 8. The van der Waals surface area contributed by atoms with Gasteiger partial charge in [0.1, 0.15) is 5.57 Å². The molecule has 39 heavy (non-hydrogen) atoms. The first-order valence-corrected chi connectivity index (χ1v) is 13.0. The van der Waals surface area contributed by atoms with Crippen molar-refractivity contribution in [1.82, 2.24) is 5.32 Å². The minimum atomic E-state index is -0.881. The van der Waals surface area contributed by atoms with Gasteiger partial charge in [-0.2, -0.15) is 0 Å². The molecule has 3 aromatic rings. The third-order valence-electron chi connectivity index (χ3n) is 5.46. The fourth-order valence-corrected chi connectivity index (χ4v) is 4.56. The number of nitrogens with one attached hydrogen (secondary N) is 2. The van der Waals surface area contributed by atoms with E-state index in [2.05, 4.69) is 26.6 Å². The van der Waals surface area contributed by atoms with Crippen molar-refractivity contribution < 1.29 is 28.7 Å². The van der Waals surface area contributed by atoms with Crippen molar-refractivity contribution in [1.29, 1.82) is 0 Å². The van der Waals surface area contributed by atoms with Crippen LogP contribution in [0.25, 0.3) is 6.08 Å². The van der Waals surface area contributed by atoms with Crippen LogP contribution in [-0.2, 0) is 14.4 Å². The van der Waals surface area contributed by atoms with Gasteiger partial charge in [-0.15, -0.1) is 0 Å². The Hall–Kier alpha value is -4.15. The monoisotopic (exact) mass is 611 g/mol. The fraction of sp³-hybridized carbons (Fsp3) is 0.143. The van der Waals surface area contributed by atoms with E-state index in [-0.39, 0.29) is 41.9 Å². The van der Waals surface area contributed by atoms with E-state index in [4.69, 9.17) is 21.1 Å². The van der Waals surface area contributed by atoms with Gasteiger partial charge in [0.25, 0.3) is 17.7 Å². The highest BCUT2D eigenvalue weighted by atomic mass is 79.9. The van der Waals surface area contributed by atoms with Crippen molar-refractivity contribution >= 4 is 68.7 Å². The highest BCUT2D eigenvalue weighted by Crippen LogP contribution is 2.38. The number of anilines is 2. The van der Waals surface area contributed by atoms with Crippen molar-refractivity contribution in [2.24, 2.45) is 0 Å². The van der Waals surface area contributed by atoms with Crippen LogP contribution in [0, 0.1) is 6.92 Å². The number of carbonyl (C=O) groups is 4. The molecule has 0 atom stereocenters. The molecule has 0 unspecified atom stereocenters. The molecule has 11 heteroatoms. The number of halogens is 2. The fourth-order valence-electron chi connectivity index (χ4n) is 3.81. The highest BCUT2D eigenvalue weighted by Gasteiger charge is 2.37. The van der Waals surface area contributed by atoms with Gasteiger partial charge < -0.3 is 14.8 Å². The molecule has 9 nitrogen and oxygen atoms in total. The summed E-state index contributed by atoms with van der Waals surface area (Å²) in [5.74, 6) is -1.46. The molecule has 0 saturated carbocycles. The van der Waals surface area contributed by atoms with Crippen LogP contribution in [0.2, 0.25) is 5.02 Å². The van der Waals surface area contributed by atoms with Gasteiger partial charge in [-0.3, -0.25) is 19.7 Å². The zero-order valence-corrected chi connectivity index (χ0v) is 23.3. The molecule has 200 valence electrons. The standard InChI is InChI=1S/C28H23BrClN3O6/c1-3-38-23-13-17(12-22(29)25(23)39-15-24(34)31-19-8-4-6-16(2)10-19)11-21-26(35)32-28(37)33(27(21)36)20-9-5-7-18(30)14-20/h4-14H,3,15H2,1-2H3,(H,31,34)(H,32,35,37)/b21-11+. The number of nitrogens with zero attached hydrogens (tertiary/aromatic N) is 1. The molecule has 1 saturated heterocycles.